The zero-order valence-electron chi connectivity index (χ0n) is 23.0. The fraction of sp³-hybridized carbons (Fsp3) is 0.576. The van der Waals surface area contributed by atoms with Gasteiger partial charge < -0.3 is 14.2 Å². The predicted molar refractivity (Wildman–Crippen MR) is 149 cm³/mol. The molecule has 0 radical (unpaired) electrons. The highest BCUT2D eigenvalue weighted by molar-refractivity contribution is 5.34. The monoisotopic (exact) mass is 526 g/mol. The van der Waals surface area contributed by atoms with Crippen LogP contribution in [-0.4, -0.2) is 25.9 Å². The summed E-state index contributed by atoms with van der Waals surface area (Å²) in [6.07, 6.45) is 12.3. The van der Waals surface area contributed by atoms with E-state index >= 15 is 0 Å². The molecule has 0 bridgehead atoms. The van der Waals surface area contributed by atoms with Crippen molar-refractivity contribution in [2.75, 3.05) is 19.8 Å². The molecular weight excluding hydrogens is 482 g/mol. The molecule has 2 fully saturated rings. The van der Waals surface area contributed by atoms with Gasteiger partial charge in [-0.15, -0.1) is 0 Å². The van der Waals surface area contributed by atoms with Crippen molar-refractivity contribution in [3.8, 4) is 11.5 Å². The van der Waals surface area contributed by atoms with Crippen LogP contribution >= 0.6 is 0 Å². The number of hydrogen-bond donors (Lipinski definition) is 0. The third kappa shape index (κ3) is 8.30. The van der Waals surface area contributed by atoms with Crippen LogP contribution in [0.1, 0.15) is 107 Å². The summed E-state index contributed by atoms with van der Waals surface area (Å²) in [5.74, 6) is 0.214. The molecule has 0 atom stereocenters. The number of rotatable bonds is 13. The van der Waals surface area contributed by atoms with Crippen molar-refractivity contribution in [3.63, 3.8) is 0 Å². The largest absolute Gasteiger partial charge is 0.494 e. The molecule has 0 saturated heterocycles. The third-order valence-electron chi connectivity index (χ3n) is 8.12. The van der Waals surface area contributed by atoms with E-state index in [1.165, 1.54) is 36.1 Å². The number of ether oxygens (including phenoxy) is 3. The molecule has 5 heteroatoms. The van der Waals surface area contributed by atoms with E-state index in [9.17, 15) is 8.78 Å². The van der Waals surface area contributed by atoms with E-state index in [-0.39, 0.29) is 24.4 Å². The Balaban J connectivity index is 1.12. The van der Waals surface area contributed by atoms with Crippen molar-refractivity contribution >= 4 is 0 Å². The van der Waals surface area contributed by atoms with E-state index in [1.807, 2.05) is 0 Å². The van der Waals surface area contributed by atoms with Crippen LogP contribution in [0, 0.1) is 11.6 Å². The van der Waals surface area contributed by atoms with Gasteiger partial charge in [0.05, 0.1) is 25.9 Å². The average Bonchev–Trinajstić information content (AvgIpc) is 2.93. The fourth-order valence-corrected chi connectivity index (χ4v) is 5.74. The summed E-state index contributed by atoms with van der Waals surface area (Å²) in [7, 11) is 0. The third-order valence-corrected chi connectivity index (χ3v) is 8.12. The van der Waals surface area contributed by atoms with Gasteiger partial charge in [-0.2, -0.15) is 0 Å². The first-order chi connectivity index (χ1) is 18.5. The molecule has 38 heavy (non-hydrogen) atoms. The van der Waals surface area contributed by atoms with Gasteiger partial charge in [0.2, 0.25) is 0 Å². The Morgan fingerprint density at radius 1 is 0.737 bits per heavy atom. The van der Waals surface area contributed by atoms with E-state index in [4.69, 9.17) is 14.2 Å². The summed E-state index contributed by atoms with van der Waals surface area (Å²) >= 11 is 0. The fourth-order valence-electron chi connectivity index (χ4n) is 5.74. The maximum absolute atomic E-state index is 14.6. The zero-order valence-corrected chi connectivity index (χ0v) is 23.0. The van der Waals surface area contributed by atoms with Gasteiger partial charge >= 0.3 is 0 Å². The summed E-state index contributed by atoms with van der Waals surface area (Å²) in [6.45, 7) is 7.77. The van der Waals surface area contributed by atoms with Crippen molar-refractivity contribution in [2.45, 2.75) is 102 Å². The van der Waals surface area contributed by atoms with E-state index in [1.54, 1.807) is 0 Å². The molecule has 208 valence electrons. The lowest BCUT2D eigenvalue weighted by atomic mass is 9.82. The molecule has 2 aromatic rings. The minimum atomic E-state index is -0.611. The molecule has 2 saturated carbocycles. The lowest BCUT2D eigenvalue weighted by Crippen LogP contribution is -2.22. The quantitative estimate of drug-likeness (QED) is 0.192. The van der Waals surface area contributed by atoms with Crippen LogP contribution < -0.4 is 9.47 Å². The number of allylic oxidation sites excluding steroid dienone is 1. The first kappa shape index (κ1) is 28.6. The number of hydrogen-bond acceptors (Lipinski definition) is 3. The van der Waals surface area contributed by atoms with Gasteiger partial charge in [0.15, 0.2) is 17.4 Å². The highest BCUT2D eigenvalue weighted by Crippen LogP contribution is 2.37. The summed E-state index contributed by atoms with van der Waals surface area (Å²) in [5, 5.41) is 0. The van der Waals surface area contributed by atoms with Gasteiger partial charge in [0.1, 0.15) is 5.75 Å². The predicted octanol–water partition coefficient (Wildman–Crippen LogP) is 9.26. The normalized spacial score (nSPS) is 20.4. The number of benzene rings is 2. The van der Waals surface area contributed by atoms with Gasteiger partial charge in [-0.3, -0.25) is 0 Å². The second-order valence-electron chi connectivity index (χ2n) is 11.0. The standard InChI is InChI=1S/C33H44F2O3/c1-3-4-5-19-36-29-15-11-25(12-16-29)26-13-17-30(18-14-26)37-20-6-21-38-33-31(34)22-28(23-32(33)35)27-9-7-24(2)8-10-27/h11-12,15-16,22-23,26-27,30H,2-10,13-14,17-21H2,1H3. The van der Waals surface area contributed by atoms with E-state index < -0.39 is 11.6 Å². The second kappa shape index (κ2) is 14.7. The highest BCUT2D eigenvalue weighted by Gasteiger charge is 2.24. The molecule has 3 nitrogen and oxygen atoms in total. The van der Waals surface area contributed by atoms with Gasteiger partial charge in [0.25, 0.3) is 0 Å². The molecule has 4 rings (SSSR count). The summed E-state index contributed by atoms with van der Waals surface area (Å²) in [4.78, 5) is 0. The maximum atomic E-state index is 14.6. The molecule has 2 aliphatic rings. The Kier molecular flexibility index (Phi) is 11.0. The lowest BCUT2D eigenvalue weighted by molar-refractivity contribution is 0.0188. The second-order valence-corrected chi connectivity index (χ2v) is 11.0. The van der Waals surface area contributed by atoms with Crippen LogP contribution in [0.2, 0.25) is 0 Å². The van der Waals surface area contributed by atoms with Crippen LogP contribution in [0.15, 0.2) is 48.6 Å². The maximum Gasteiger partial charge on any atom is 0.190 e. The van der Waals surface area contributed by atoms with Gasteiger partial charge in [0, 0.05) is 6.42 Å². The van der Waals surface area contributed by atoms with Crippen molar-refractivity contribution in [1.82, 2.24) is 0 Å². The van der Waals surface area contributed by atoms with Crippen molar-refractivity contribution in [2.24, 2.45) is 0 Å². The highest BCUT2D eigenvalue weighted by atomic mass is 19.1. The SMILES string of the molecule is C=C1CCC(c2cc(F)c(OCCCOC3CCC(c4ccc(OCCCCC)cc4)CC3)c(F)c2)CC1. The summed E-state index contributed by atoms with van der Waals surface area (Å²) in [5.41, 5.74) is 3.33. The smallest absolute Gasteiger partial charge is 0.190 e. The van der Waals surface area contributed by atoms with Crippen molar-refractivity contribution in [3.05, 3.63) is 71.3 Å². The molecule has 0 heterocycles. The molecule has 0 unspecified atom stereocenters. The first-order valence-electron chi connectivity index (χ1n) is 14.7. The minimum absolute atomic E-state index is 0.191. The van der Waals surface area contributed by atoms with Crippen LogP contribution in [0.4, 0.5) is 8.78 Å². The van der Waals surface area contributed by atoms with Crippen LogP contribution in [0.3, 0.4) is 0 Å². The van der Waals surface area contributed by atoms with Crippen molar-refractivity contribution < 1.29 is 23.0 Å². The van der Waals surface area contributed by atoms with Crippen LogP contribution in [0.5, 0.6) is 11.5 Å². The molecule has 0 aromatic heterocycles. The Hall–Kier alpha value is -2.40. The van der Waals surface area contributed by atoms with Gasteiger partial charge in [-0.1, -0.05) is 44.1 Å². The zero-order chi connectivity index (χ0) is 26.7. The summed E-state index contributed by atoms with van der Waals surface area (Å²) in [6, 6.07) is 11.5. The summed E-state index contributed by atoms with van der Waals surface area (Å²) < 4.78 is 46.6. The molecular formula is C33H44F2O3. The van der Waals surface area contributed by atoms with Crippen molar-refractivity contribution in [1.29, 1.82) is 0 Å². The molecule has 2 aliphatic carbocycles. The number of halogens is 2. The number of unbranched alkanes of at least 4 members (excludes halogenated alkanes) is 2. The lowest BCUT2D eigenvalue weighted by Gasteiger charge is -2.29. The Morgan fingerprint density at radius 3 is 2.03 bits per heavy atom. The van der Waals surface area contributed by atoms with Gasteiger partial charge in [-0.05, 0) is 105 Å². The van der Waals surface area contributed by atoms with E-state index in [0.29, 0.717) is 18.9 Å². The topological polar surface area (TPSA) is 27.7 Å². The van der Waals surface area contributed by atoms with Gasteiger partial charge in [-0.25, -0.2) is 8.78 Å². The van der Waals surface area contributed by atoms with E-state index in [0.717, 1.165) is 75.7 Å². The Morgan fingerprint density at radius 2 is 1.37 bits per heavy atom. The molecule has 2 aromatic carbocycles. The minimum Gasteiger partial charge on any atom is -0.494 e. The van der Waals surface area contributed by atoms with Crippen LogP contribution in [0.25, 0.3) is 0 Å². The average molecular weight is 527 g/mol. The molecule has 0 spiro atoms. The van der Waals surface area contributed by atoms with Crippen LogP contribution in [-0.2, 0) is 4.74 Å². The molecule has 0 N–H and O–H groups in total. The molecule has 0 aliphatic heterocycles. The Labute approximate surface area is 227 Å². The Bertz CT molecular complexity index is 978. The van der Waals surface area contributed by atoms with E-state index in [2.05, 4.69) is 37.8 Å². The first-order valence-corrected chi connectivity index (χ1v) is 14.7. The molecule has 0 amide bonds.